The molecule has 1 aromatic heterocycles. The van der Waals surface area contributed by atoms with Gasteiger partial charge in [0.1, 0.15) is 5.00 Å². The summed E-state index contributed by atoms with van der Waals surface area (Å²) in [5.41, 5.74) is 3.06. The fraction of sp³-hybridized carbons (Fsp3) is 0.435. The van der Waals surface area contributed by atoms with Crippen LogP contribution in [0.5, 0.6) is 0 Å². The van der Waals surface area contributed by atoms with Crippen molar-refractivity contribution in [3.05, 3.63) is 45.8 Å². The lowest BCUT2D eigenvalue weighted by Crippen LogP contribution is -2.40. The van der Waals surface area contributed by atoms with Gasteiger partial charge in [0.15, 0.2) is 5.11 Å². The van der Waals surface area contributed by atoms with E-state index in [2.05, 4.69) is 17.6 Å². The summed E-state index contributed by atoms with van der Waals surface area (Å²) in [7, 11) is 1.40. The van der Waals surface area contributed by atoms with E-state index >= 15 is 0 Å². The molecule has 1 aliphatic carbocycles. The number of hydrogen-bond donors (Lipinski definition) is 2. The molecule has 1 unspecified atom stereocenters. The number of fused-ring (bicyclic) bond motifs is 1. The summed E-state index contributed by atoms with van der Waals surface area (Å²) in [5.74, 6) is 0.262. The third-order valence-electron chi connectivity index (χ3n) is 5.82. The summed E-state index contributed by atoms with van der Waals surface area (Å²) in [4.78, 5) is 28.1. The van der Waals surface area contributed by atoms with Crippen molar-refractivity contribution in [1.82, 2.24) is 4.90 Å². The zero-order chi connectivity index (χ0) is 22.7. The molecule has 2 aromatic rings. The fourth-order valence-electron chi connectivity index (χ4n) is 4.07. The molecule has 9 heteroatoms. The van der Waals surface area contributed by atoms with Crippen molar-refractivity contribution in [3.63, 3.8) is 0 Å². The van der Waals surface area contributed by atoms with Crippen molar-refractivity contribution in [2.45, 2.75) is 26.2 Å². The summed E-state index contributed by atoms with van der Waals surface area (Å²) in [5, 5.41) is 7.42. The number of nitrogens with zero attached hydrogens (tertiary/aromatic N) is 1. The number of esters is 1. The maximum Gasteiger partial charge on any atom is 0.341 e. The van der Waals surface area contributed by atoms with Gasteiger partial charge in [0.05, 0.1) is 25.9 Å². The Hall–Kier alpha value is -2.49. The third-order valence-corrected chi connectivity index (χ3v) is 7.19. The summed E-state index contributed by atoms with van der Waals surface area (Å²) in [6.07, 6.45) is 2.90. The number of thiophene rings is 1. The fourth-order valence-corrected chi connectivity index (χ4v) is 5.76. The number of rotatable bonds is 4. The molecule has 0 bridgehead atoms. The Morgan fingerprint density at radius 2 is 1.91 bits per heavy atom. The van der Waals surface area contributed by atoms with E-state index in [1.165, 1.54) is 12.0 Å². The lowest BCUT2D eigenvalue weighted by molar-refractivity contribution is 0.0303. The maximum absolute atomic E-state index is 12.6. The number of nitrogens with one attached hydrogen (secondary N) is 2. The van der Waals surface area contributed by atoms with Crippen LogP contribution in [0.4, 0.5) is 10.7 Å². The van der Waals surface area contributed by atoms with Crippen LogP contribution in [-0.2, 0) is 22.3 Å². The number of benzene rings is 1. The average Bonchev–Trinajstić information content (AvgIpc) is 3.15. The first kappa shape index (κ1) is 22.7. The number of anilines is 2. The van der Waals surface area contributed by atoms with Gasteiger partial charge in [0.2, 0.25) is 0 Å². The van der Waals surface area contributed by atoms with Crippen LogP contribution in [0.3, 0.4) is 0 Å². The molecular formula is C23H27N3O4S2. The standard InChI is InChI=1S/C23H27N3O4S2/c1-14-3-8-17-18(13-14)32-20(19(17)22(28)29-2)25-23(31)24-16-6-4-15(5-7-16)21(27)26-9-11-30-12-10-26/h4-7,14H,3,8-13H2,1-2H3,(H2,24,25,31). The molecule has 7 nitrogen and oxygen atoms in total. The van der Waals surface area contributed by atoms with E-state index in [1.807, 2.05) is 12.1 Å². The Kier molecular flexibility index (Phi) is 7.07. The Labute approximate surface area is 197 Å². The minimum atomic E-state index is -0.340. The van der Waals surface area contributed by atoms with Crippen LogP contribution in [0, 0.1) is 5.92 Å². The van der Waals surface area contributed by atoms with Crippen molar-refractivity contribution in [1.29, 1.82) is 0 Å². The van der Waals surface area contributed by atoms with Gasteiger partial charge in [-0.05, 0) is 67.2 Å². The van der Waals surface area contributed by atoms with E-state index in [0.717, 1.165) is 30.5 Å². The number of methoxy groups -OCH3 is 1. The molecule has 1 amide bonds. The average molecular weight is 474 g/mol. The highest BCUT2D eigenvalue weighted by atomic mass is 32.1. The van der Waals surface area contributed by atoms with E-state index in [4.69, 9.17) is 21.7 Å². The maximum atomic E-state index is 12.6. The third kappa shape index (κ3) is 4.95. The number of ether oxygens (including phenoxy) is 2. The molecule has 4 rings (SSSR count). The monoisotopic (exact) mass is 473 g/mol. The smallest absolute Gasteiger partial charge is 0.341 e. The zero-order valence-electron chi connectivity index (χ0n) is 18.2. The van der Waals surface area contributed by atoms with Gasteiger partial charge in [0, 0.05) is 29.2 Å². The molecule has 0 spiro atoms. The van der Waals surface area contributed by atoms with E-state index < -0.39 is 0 Å². The first-order chi connectivity index (χ1) is 15.5. The Bertz CT molecular complexity index is 1010. The second-order valence-electron chi connectivity index (χ2n) is 8.11. The molecule has 32 heavy (non-hydrogen) atoms. The highest BCUT2D eigenvalue weighted by molar-refractivity contribution is 7.80. The molecule has 2 aliphatic rings. The summed E-state index contributed by atoms with van der Waals surface area (Å²) >= 11 is 7.07. The van der Waals surface area contributed by atoms with E-state index in [1.54, 1.807) is 28.4 Å². The topological polar surface area (TPSA) is 79.9 Å². The number of hydrogen-bond acceptors (Lipinski definition) is 6. The van der Waals surface area contributed by atoms with Crippen LogP contribution >= 0.6 is 23.6 Å². The van der Waals surface area contributed by atoms with E-state index in [9.17, 15) is 9.59 Å². The van der Waals surface area contributed by atoms with Crippen LogP contribution in [0.25, 0.3) is 0 Å². The molecule has 1 saturated heterocycles. The lowest BCUT2D eigenvalue weighted by Gasteiger charge is -2.26. The molecule has 0 radical (unpaired) electrons. The van der Waals surface area contributed by atoms with Crippen molar-refractivity contribution in [2.75, 3.05) is 44.0 Å². The SMILES string of the molecule is COC(=O)c1c(NC(=S)Nc2ccc(C(=O)N3CCOCC3)cc2)sc2c1CCC(C)C2. The summed E-state index contributed by atoms with van der Waals surface area (Å²) < 4.78 is 10.3. The molecule has 1 fully saturated rings. The van der Waals surface area contributed by atoms with Crippen LogP contribution in [-0.4, -0.2) is 55.3 Å². The van der Waals surface area contributed by atoms with Gasteiger partial charge in [0.25, 0.3) is 5.91 Å². The van der Waals surface area contributed by atoms with Gasteiger partial charge in [-0.25, -0.2) is 4.79 Å². The van der Waals surface area contributed by atoms with Crippen molar-refractivity contribution in [2.24, 2.45) is 5.92 Å². The zero-order valence-corrected chi connectivity index (χ0v) is 19.9. The van der Waals surface area contributed by atoms with Gasteiger partial charge in [-0.15, -0.1) is 11.3 Å². The van der Waals surface area contributed by atoms with Crippen LogP contribution in [0.15, 0.2) is 24.3 Å². The summed E-state index contributed by atoms with van der Waals surface area (Å²) in [6, 6.07) is 7.22. The molecule has 2 N–H and O–H groups in total. The predicted octanol–water partition coefficient (Wildman–Crippen LogP) is 3.94. The minimum Gasteiger partial charge on any atom is -0.465 e. The molecule has 1 aromatic carbocycles. The summed E-state index contributed by atoms with van der Waals surface area (Å²) in [6.45, 7) is 4.60. The van der Waals surface area contributed by atoms with Crippen molar-refractivity contribution in [3.8, 4) is 0 Å². The molecule has 0 saturated carbocycles. The Morgan fingerprint density at radius 1 is 1.19 bits per heavy atom. The van der Waals surface area contributed by atoms with Gasteiger partial charge < -0.3 is 25.0 Å². The number of carbonyl (C=O) groups excluding carboxylic acids is 2. The van der Waals surface area contributed by atoms with Gasteiger partial charge in [-0.2, -0.15) is 0 Å². The second-order valence-corrected chi connectivity index (χ2v) is 9.62. The van der Waals surface area contributed by atoms with Gasteiger partial charge >= 0.3 is 5.97 Å². The molecular weight excluding hydrogens is 446 g/mol. The minimum absolute atomic E-state index is 0.00154. The predicted molar refractivity (Wildman–Crippen MR) is 130 cm³/mol. The van der Waals surface area contributed by atoms with Crippen molar-refractivity contribution < 1.29 is 19.1 Å². The van der Waals surface area contributed by atoms with E-state index in [0.29, 0.717) is 53.5 Å². The number of thiocarbonyl (C=S) groups is 1. The quantitative estimate of drug-likeness (QED) is 0.514. The van der Waals surface area contributed by atoms with Gasteiger partial charge in [-0.1, -0.05) is 6.92 Å². The molecule has 1 aliphatic heterocycles. The molecule has 170 valence electrons. The van der Waals surface area contributed by atoms with Crippen molar-refractivity contribution >= 4 is 51.2 Å². The highest BCUT2D eigenvalue weighted by Crippen LogP contribution is 2.40. The second kappa shape index (κ2) is 9.97. The Morgan fingerprint density at radius 3 is 2.59 bits per heavy atom. The van der Waals surface area contributed by atoms with E-state index in [-0.39, 0.29) is 11.9 Å². The first-order valence-electron chi connectivity index (χ1n) is 10.7. The van der Waals surface area contributed by atoms with Crippen LogP contribution < -0.4 is 10.6 Å². The normalized spacial score (nSPS) is 17.9. The first-order valence-corrected chi connectivity index (χ1v) is 12.0. The highest BCUT2D eigenvalue weighted by Gasteiger charge is 2.28. The van der Waals surface area contributed by atoms with Crippen LogP contribution in [0.2, 0.25) is 0 Å². The largest absolute Gasteiger partial charge is 0.465 e. The lowest BCUT2D eigenvalue weighted by atomic mass is 9.88. The number of amides is 1. The number of carbonyl (C=O) groups is 2. The number of morpholine rings is 1. The van der Waals surface area contributed by atoms with Gasteiger partial charge in [-0.3, -0.25) is 4.79 Å². The van der Waals surface area contributed by atoms with Crippen LogP contribution in [0.1, 0.15) is 44.5 Å². The Balaban J connectivity index is 1.44. The molecule has 1 atom stereocenters. The molecule has 2 heterocycles.